The van der Waals surface area contributed by atoms with E-state index in [1.165, 1.54) is 4.90 Å². The van der Waals surface area contributed by atoms with Crippen molar-refractivity contribution in [3.8, 4) is 11.1 Å². The van der Waals surface area contributed by atoms with Gasteiger partial charge in [-0.1, -0.05) is 18.7 Å². The largest absolute Gasteiger partial charge is 0.398 e. The highest BCUT2D eigenvalue weighted by atomic mass is 16.2. The summed E-state index contributed by atoms with van der Waals surface area (Å²) < 4.78 is 0. The molecule has 0 fully saturated rings. The minimum Gasteiger partial charge on any atom is -0.398 e. The Labute approximate surface area is 150 Å². The van der Waals surface area contributed by atoms with Crippen LogP contribution in [0.25, 0.3) is 22.0 Å². The van der Waals surface area contributed by atoms with Gasteiger partial charge in [0, 0.05) is 16.6 Å². The fraction of sp³-hybridized carbons (Fsp3) is 0.150. The van der Waals surface area contributed by atoms with Gasteiger partial charge in [0.15, 0.2) is 0 Å². The molecule has 2 amide bonds. The molecule has 3 N–H and O–H groups in total. The average molecular weight is 346 g/mol. The number of benzene rings is 2. The van der Waals surface area contributed by atoms with Crippen LogP contribution in [0.4, 0.5) is 5.69 Å². The molecule has 0 unspecified atom stereocenters. The fourth-order valence-electron chi connectivity index (χ4n) is 3.43. The SMILES string of the molecule is C=C(C)C(=O)N1Cc2c(-c3ccc4[nH]nc(C)c4c3)ccc(N)c2C1=O. The van der Waals surface area contributed by atoms with Crippen LogP contribution < -0.4 is 5.73 Å². The van der Waals surface area contributed by atoms with Gasteiger partial charge in [-0.05, 0) is 48.7 Å². The Morgan fingerprint density at radius 1 is 1.31 bits per heavy atom. The van der Waals surface area contributed by atoms with Gasteiger partial charge in [0.1, 0.15) is 0 Å². The molecule has 0 atom stereocenters. The summed E-state index contributed by atoms with van der Waals surface area (Å²) in [4.78, 5) is 26.3. The van der Waals surface area contributed by atoms with E-state index < -0.39 is 0 Å². The molecule has 1 aromatic heterocycles. The first-order valence-corrected chi connectivity index (χ1v) is 8.26. The van der Waals surface area contributed by atoms with Gasteiger partial charge in [0.05, 0.1) is 23.3 Å². The summed E-state index contributed by atoms with van der Waals surface area (Å²) in [5.41, 5.74) is 11.6. The van der Waals surface area contributed by atoms with E-state index in [2.05, 4.69) is 16.8 Å². The molecule has 0 saturated carbocycles. The minimum absolute atomic E-state index is 0.197. The number of anilines is 1. The van der Waals surface area contributed by atoms with Crippen molar-refractivity contribution in [2.24, 2.45) is 0 Å². The van der Waals surface area contributed by atoms with E-state index in [-0.39, 0.29) is 18.4 Å². The van der Waals surface area contributed by atoms with Crippen molar-refractivity contribution in [2.45, 2.75) is 20.4 Å². The third-order valence-corrected chi connectivity index (χ3v) is 4.80. The van der Waals surface area contributed by atoms with Gasteiger partial charge in [0.2, 0.25) is 0 Å². The molecule has 1 aliphatic rings. The zero-order valence-electron chi connectivity index (χ0n) is 14.6. The van der Waals surface area contributed by atoms with Crippen LogP contribution >= 0.6 is 0 Å². The first-order chi connectivity index (χ1) is 12.4. The maximum Gasteiger partial charge on any atom is 0.263 e. The monoisotopic (exact) mass is 346 g/mol. The molecule has 2 aromatic carbocycles. The van der Waals surface area contributed by atoms with Crippen LogP contribution in [0.2, 0.25) is 0 Å². The molecule has 0 radical (unpaired) electrons. The van der Waals surface area contributed by atoms with Crippen LogP contribution in [0.15, 0.2) is 42.5 Å². The van der Waals surface area contributed by atoms with Crippen LogP contribution in [-0.2, 0) is 11.3 Å². The number of hydrogen-bond acceptors (Lipinski definition) is 4. The Kier molecular flexibility index (Phi) is 3.44. The number of aryl methyl sites for hydroxylation is 1. The summed E-state index contributed by atoms with van der Waals surface area (Å²) in [5.74, 6) is -0.745. The fourth-order valence-corrected chi connectivity index (χ4v) is 3.43. The topological polar surface area (TPSA) is 92.1 Å². The second kappa shape index (κ2) is 5.56. The number of aromatic nitrogens is 2. The highest BCUT2D eigenvalue weighted by Gasteiger charge is 2.35. The number of H-pyrrole nitrogens is 1. The van der Waals surface area contributed by atoms with Crippen molar-refractivity contribution in [1.82, 2.24) is 15.1 Å². The van der Waals surface area contributed by atoms with Crippen molar-refractivity contribution >= 4 is 28.4 Å². The van der Waals surface area contributed by atoms with Crippen LogP contribution in [0.1, 0.15) is 28.5 Å². The van der Waals surface area contributed by atoms with Gasteiger partial charge in [-0.3, -0.25) is 19.6 Å². The number of carbonyl (C=O) groups is 2. The molecule has 0 aliphatic carbocycles. The number of imide groups is 1. The van der Waals surface area contributed by atoms with Crippen molar-refractivity contribution in [3.05, 3.63) is 59.3 Å². The number of nitrogens with zero attached hydrogens (tertiary/aromatic N) is 2. The molecule has 26 heavy (non-hydrogen) atoms. The second-order valence-corrected chi connectivity index (χ2v) is 6.60. The Morgan fingerprint density at radius 2 is 2.08 bits per heavy atom. The summed E-state index contributed by atoms with van der Waals surface area (Å²) in [6, 6.07) is 9.58. The van der Waals surface area contributed by atoms with Gasteiger partial charge < -0.3 is 5.73 Å². The molecule has 130 valence electrons. The molecule has 1 aliphatic heterocycles. The zero-order chi connectivity index (χ0) is 18.6. The lowest BCUT2D eigenvalue weighted by molar-refractivity contribution is -0.124. The molecule has 3 aromatic rings. The van der Waals surface area contributed by atoms with E-state index in [4.69, 9.17) is 5.73 Å². The van der Waals surface area contributed by atoms with Crippen molar-refractivity contribution in [1.29, 1.82) is 0 Å². The zero-order valence-corrected chi connectivity index (χ0v) is 14.6. The molecule has 0 spiro atoms. The quantitative estimate of drug-likeness (QED) is 0.551. The van der Waals surface area contributed by atoms with Gasteiger partial charge in [-0.15, -0.1) is 0 Å². The lowest BCUT2D eigenvalue weighted by Gasteiger charge is -2.13. The van der Waals surface area contributed by atoms with E-state index in [0.717, 1.165) is 33.3 Å². The van der Waals surface area contributed by atoms with Gasteiger partial charge in [-0.2, -0.15) is 5.10 Å². The first-order valence-electron chi connectivity index (χ1n) is 8.26. The Morgan fingerprint density at radius 3 is 2.81 bits per heavy atom. The first kappa shape index (κ1) is 16.1. The average Bonchev–Trinajstić information content (AvgIpc) is 3.16. The predicted octanol–water partition coefficient (Wildman–Crippen LogP) is 3.18. The van der Waals surface area contributed by atoms with Crippen LogP contribution in [0.3, 0.4) is 0 Å². The normalized spacial score (nSPS) is 13.3. The molecule has 4 rings (SSSR count). The van der Waals surface area contributed by atoms with Gasteiger partial charge in [-0.25, -0.2) is 0 Å². The summed E-state index contributed by atoms with van der Waals surface area (Å²) in [6.45, 7) is 7.38. The Bertz CT molecular complexity index is 1110. The van der Waals surface area contributed by atoms with Crippen LogP contribution in [0, 0.1) is 6.92 Å². The van der Waals surface area contributed by atoms with Crippen LogP contribution in [0.5, 0.6) is 0 Å². The molecule has 0 bridgehead atoms. The van der Waals surface area contributed by atoms with E-state index >= 15 is 0 Å². The number of nitrogens with two attached hydrogens (primary N) is 1. The molecule has 2 heterocycles. The smallest absolute Gasteiger partial charge is 0.263 e. The van der Waals surface area contributed by atoms with E-state index in [1.807, 2.05) is 31.2 Å². The van der Waals surface area contributed by atoms with Gasteiger partial charge in [0.25, 0.3) is 11.8 Å². The Balaban J connectivity index is 1.88. The second-order valence-electron chi connectivity index (χ2n) is 6.60. The minimum atomic E-state index is -0.377. The number of aromatic amines is 1. The lowest BCUT2D eigenvalue weighted by atomic mass is 9.95. The summed E-state index contributed by atoms with van der Waals surface area (Å²) >= 11 is 0. The van der Waals surface area contributed by atoms with E-state index in [0.29, 0.717) is 16.8 Å². The third kappa shape index (κ3) is 2.23. The Hall–Kier alpha value is -3.41. The van der Waals surface area contributed by atoms with Crippen molar-refractivity contribution < 1.29 is 9.59 Å². The third-order valence-electron chi connectivity index (χ3n) is 4.80. The number of hydrogen-bond donors (Lipinski definition) is 2. The number of nitrogens with one attached hydrogen (secondary N) is 1. The number of nitrogen functional groups attached to an aromatic ring is 1. The lowest BCUT2D eigenvalue weighted by Crippen LogP contribution is -2.31. The number of rotatable bonds is 2. The van der Waals surface area contributed by atoms with Crippen molar-refractivity contribution in [3.63, 3.8) is 0 Å². The maximum absolute atomic E-state index is 12.7. The number of carbonyl (C=O) groups excluding carboxylic acids is 2. The van der Waals surface area contributed by atoms with E-state index in [1.54, 1.807) is 13.0 Å². The molecular weight excluding hydrogens is 328 g/mol. The summed E-state index contributed by atoms with van der Waals surface area (Å²) in [6.07, 6.45) is 0. The highest BCUT2D eigenvalue weighted by molar-refractivity contribution is 6.15. The predicted molar refractivity (Wildman–Crippen MR) is 100 cm³/mol. The molecular formula is C20H18N4O2. The van der Waals surface area contributed by atoms with Gasteiger partial charge >= 0.3 is 0 Å². The van der Waals surface area contributed by atoms with Crippen LogP contribution in [-0.4, -0.2) is 26.9 Å². The summed E-state index contributed by atoms with van der Waals surface area (Å²) in [5, 5.41) is 8.23. The summed E-state index contributed by atoms with van der Waals surface area (Å²) in [7, 11) is 0. The molecule has 6 heteroatoms. The number of amides is 2. The van der Waals surface area contributed by atoms with Crippen molar-refractivity contribution in [2.75, 3.05) is 5.73 Å². The number of fused-ring (bicyclic) bond motifs is 2. The highest BCUT2D eigenvalue weighted by Crippen LogP contribution is 2.37. The molecule has 6 nitrogen and oxygen atoms in total. The van der Waals surface area contributed by atoms with E-state index in [9.17, 15) is 9.59 Å². The maximum atomic E-state index is 12.7. The molecule has 0 saturated heterocycles. The standard InChI is InChI=1S/C20H18N4O2/c1-10(2)19(25)24-9-15-13(5-6-16(21)18(15)20(24)26)12-4-7-17-14(8-12)11(3)22-23-17/h4-8H,1,9,21H2,2-3H3,(H,22,23).